The molecule has 5 rings (SSSR count). The number of fused-ring (bicyclic) bond motifs is 2. The molecule has 0 N–H and O–H groups in total. The summed E-state index contributed by atoms with van der Waals surface area (Å²) in [5.41, 5.74) is 1.76. The third kappa shape index (κ3) is 2.36. The van der Waals surface area contributed by atoms with E-state index in [1.165, 1.54) is 11.3 Å². The third-order valence-electron chi connectivity index (χ3n) is 4.05. The molecule has 0 aliphatic carbocycles. The maximum absolute atomic E-state index is 5.91. The topological polar surface area (TPSA) is 65.5 Å². The Balaban J connectivity index is 1.64. The van der Waals surface area contributed by atoms with Crippen molar-refractivity contribution in [1.82, 2.24) is 19.8 Å². The summed E-state index contributed by atoms with van der Waals surface area (Å²) in [4.78, 5) is 0.710. The molecule has 5 aromatic rings. The number of hydrogen-bond donors (Lipinski definition) is 0. The van der Waals surface area contributed by atoms with Crippen molar-refractivity contribution in [3.05, 3.63) is 54.6 Å². The van der Waals surface area contributed by atoms with Crippen molar-refractivity contribution in [2.75, 3.05) is 6.61 Å². The maximum atomic E-state index is 5.91. The first-order chi connectivity index (χ1) is 12.8. The number of rotatable bonds is 4. The third-order valence-corrected chi connectivity index (χ3v) is 4.99. The number of aromatic nitrogens is 4. The van der Waals surface area contributed by atoms with Gasteiger partial charge in [0.1, 0.15) is 11.3 Å². The standard InChI is InChI=1S/C19H14N4O2S/c1-2-24-15-10-6-4-8-13(15)18-22-23-17(20-21-19(23)26-18)16-11-12-7-3-5-9-14(12)25-16/h3-11H,2H2,1H3. The highest BCUT2D eigenvalue weighted by Crippen LogP contribution is 2.34. The van der Waals surface area contributed by atoms with Crippen LogP contribution in [0.4, 0.5) is 0 Å². The van der Waals surface area contributed by atoms with Gasteiger partial charge in [-0.1, -0.05) is 41.7 Å². The zero-order valence-corrected chi connectivity index (χ0v) is 14.7. The van der Waals surface area contributed by atoms with Crippen molar-refractivity contribution in [1.29, 1.82) is 0 Å². The molecule has 0 saturated carbocycles. The van der Waals surface area contributed by atoms with Crippen LogP contribution in [0, 0.1) is 0 Å². The molecule has 3 heterocycles. The van der Waals surface area contributed by atoms with E-state index in [0.29, 0.717) is 23.2 Å². The Hall–Kier alpha value is -3.19. The second-order valence-corrected chi connectivity index (χ2v) is 6.66. The second kappa shape index (κ2) is 5.96. The van der Waals surface area contributed by atoms with E-state index in [2.05, 4.69) is 10.2 Å². The van der Waals surface area contributed by atoms with Crippen molar-refractivity contribution < 1.29 is 9.15 Å². The summed E-state index contributed by atoms with van der Waals surface area (Å²) in [7, 11) is 0. The molecule has 128 valence electrons. The van der Waals surface area contributed by atoms with Crippen LogP contribution in [-0.2, 0) is 0 Å². The van der Waals surface area contributed by atoms with Gasteiger partial charge >= 0.3 is 0 Å². The fourth-order valence-corrected chi connectivity index (χ4v) is 3.77. The molecule has 2 aromatic carbocycles. The molecular weight excluding hydrogens is 348 g/mol. The lowest BCUT2D eigenvalue weighted by Crippen LogP contribution is -1.94. The largest absolute Gasteiger partial charge is 0.493 e. The number of para-hydroxylation sites is 2. The highest BCUT2D eigenvalue weighted by atomic mass is 32.1. The Morgan fingerprint density at radius 3 is 2.81 bits per heavy atom. The number of nitrogens with zero attached hydrogens (tertiary/aromatic N) is 4. The fourth-order valence-electron chi connectivity index (χ4n) is 2.90. The van der Waals surface area contributed by atoms with Crippen LogP contribution < -0.4 is 4.74 Å². The maximum Gasteiger partial charge on any atom is 0.235 e. The van der Waals surface area contributed by atoms with E-state index >= 15 is 0 Å². The van der Waals surface area contributed by atoms with Crippen molar-refractivity contribution in [2.45, 2.75) is 6.92 Å². The van der Waals surface area contributed by atoms with Gasteiger partial charge in [-0.25, -0.2) is 0 Å². The Labute approximate surface area is 152 Å². The van der Waals surface area contributed by atoms with E-state index in [4.69, 9.17) is 14.3 Å². The van der Waals surface area contributed by atoms with Gasteiger partial charge in [-0.15, -0.1) is 10.2 Å². The van der Waals surface area contributed by atoms with Crippen LogP contribution in [-0.4, -0.2) is 26.4 Å². The van der Waals surface area contributed by atoms with Crippen LogP contribution in [0.1, 0.15) is 6.92 Å². The molecule has 0 aliphatic rings. The Bertz CT molecular complexity index is 1190. The molecule has 0 aliphatic heterocycles. The van der Waals surface area contributed by atoms with Gasteiger partial charge in [-0.05, 0) is 31.2 Å². The summed E-state index contributed by atoms with van der Waals surface area (Å²) in [6, 6.07) is 17.7. The summed E-state index contributed by atoms with van der Waals surface area (Å²) >= 11 is 1.47. The van der Waals surface area contributed by atoms with Crippen LogP contribution in [0.15, 0.2) is 59.0 Å². The fraction of sp³-hybridized carbons (Fsp3) is 0.105. The van der Waals surface area contributed by atoms with Crippen molar-refractivity contribution in [3.8, 4) is 27.9 Å². The van der Waals surface area contributed by atoms with E-state index in [1.807, 2.05) is 61.5 Å². The molecule has 0 radical (unpaired) electrons. The molecule has 0 amide bonds. The normalized spacial score (nSPS) is 11.4. The van der Waals surface area contributed by atoms with Gasteiger partial charge < -0.3 is 9.15 Å². The number of furan rings is 1. The average Bonchev–Trinajstić information content (AvgIpc) is 3.35. The summed E-state index contributed by atoms with van der Waals surface area (Å²) in [5.74, 6) is 2.05. The zero-order chi connectivity index (χ0) is 17.5. The lowest BCUT2D eigenvalue weighted by atomic mass is 10.2. The van der Waals surface area contributed by atoms with Crippen LogP contribution in [0.2, 0.25) is 0 Å². The first-order valence-electron chi connectivity index (χ1n) is 8.27. The minimum absolute atomic E-state index is 0.590. The molecule has 0 fully saturated rings. The van der Waals surface area contributed by atoms with Crippen LogP contribution in [0.5, 0.6) is 5.75 Å². The zero-order valence-electron chi connectivity index (χ0n) is 13.9. The highest BCUT2D eigenvalue weighted by Gasteiger charge is 2.19. The second-order valence-electron chi connectivity index (χ2n) is 5.70. The van der Waals surface area contributed by atoms with Gasteiger partial charge in [0.05, 0.1) is 12.2 Å². The van der Waals surface area contributed by atoms with Crippen LogP contribution >= 0.6 is 11.3 Å². The van der Waals surface area contributed by atoms with Gasteiger partial charge in [0.15, 0.2) is 10.8 Å². The van der Waals surface area contributed by atoms with E-state index in [0.717, 1.165) is 27.3 Å². The minimum atomic E-state index is 0.590. The highest BCUT2D eigenvalue weighted by molar-refractivity contribution is 7.19. The Morgan fingerprint density at radius 2 is 1.92 bits per heavy atom. The summed E-state index contributed by atoms with van der Waals surface area (Å²) < 4.78 is 13.4. The molecular formula is C19H14N4O2S. The number of hydrogen-bond acceptors (Lipinski definition) is 6. The summed E-state index contributed by atoms with van der Waals surface area (Å²) in [6.45, 7) is 2.57. The van der Waals surface area contributed by atoms with Gasteiger partial charge in [-0.3, -0.25) is 0 Å². The molecule has 26 heavy (non-hydrogen) atoms. The predicted molar refractivity (Wildman–Crippen MR) is 100 cm³/mol. The quantitative estimate of drug-likeness (QED) is 0.465. The van der Waals surface area contributed by atoms with Crippen LogP contribution in [0.3, 0.4) is 0 Å². The smallest absolute Gasteiger partial charge is 0.235 e. The summed E-state index contributed by atoms with van der Waals surface area (Å²) in [6.07, 6.45) is 0. The molecule has 0 saturated heterocycles. The van der Waals surface area contributed by atoms with E-state index in [1.54, 1.807) is 4.52 Å². The molecule has 0 bridgehead atoms. The summed E-state index contributed by atoms with van der Waals surface area (Å²) in [5, 5.41) is 15.1. The Kier molecular flexibility index (Phi) is 3.46. The van der Waals surface area contributed by atoms with Gasteiger partial charge in [0.25, 0.3) is 0 Å². The van der Waals surface area contributed by atoms with Crippen LogP contribution in [0.25, 0.3) is 38.1 Å². The molecule has 0 unspecified atom stereocenters. The van der Waals surface area contributed by atoms with E-state index in [9.17, 15) is 0 Å². The Morgan fingerprint density at radius 1 is 1.08 bits per heavy atom. The van der Waals surface area contributed by atoms with Crippen molar-refractivity contribution >= 4 is 27.3 Å². The van der Waals surface area contributed by atoms with Crippen molar-refractivity contribution in [2.24, 2.45) is 0 Å². The average molecular weight is 362 g/mol. The van der Waals surface area contributed by atoms with Gasteiger partial charge in [0, 0.05) is 5.39 Å². The first-order valence-corrected chi connectivity index (χ1v) is 9.08. The lowest BCUT2D eigenvalue weighted by molar-refractivity contribution is 0.341. The van der Waals surface area contributed by atoms with Gasteiger partial charge in [-0.2, -0.15) is 9.61 Å². The van der Waals surface area contributed by atoms with E-state index < -0.39 is 0 Å². The molecule has 0 spiro atoms. The minimum Gasteiger partial charge on any atom is -0.493 e. The first kappa shape index (κ1) is 15.1. The SMILES string of the molecule is CCOc1ccccc1-c1nn2c(-c3cc4ccccc4o3)nnc2s1. The number of ether oxygens (including phenoxy) is 1. The predicted octanol–water partition coefficient (Wildman–Crippen LogP) is 4.66. The monoisotopic (exact) mass is 362 g/mol. The molecule has 0 atom stereocenters. The lowest BCUT2D eigenvalue weighted by Gasteiger charge is -2.06. The molecule has 3 aromatic heterocycles. The van der Waals surface area contributed by atoms with Gasteiger partial charge in [0.2, 0.25) is 10.8 Å². The number of benzene rings is 2. The molecule has 6 nitrogen and oxygen atoms in total. The van der Waals surface area contributed by atoms with Crippen molar-refractivity contribution in [3.63, 3.8) is 0 Å². The molecule has 7 heteroatoms. The van der Waals surface area contributed by atoms with E-state index in [-0.39, 0.29) is 0 Å².